The molecule has 0 radical (unpaired) electrons. The van der Waals surface area contributed by atoms with Crippen molar-refractivity contribution in [3.63, 3.8) is 0 Å². The predicted octanol–water partition coefficient (Wildman–Crippen LogP) is 1.83. The van der Waals surface area contributed by atoms with Crippen molar-refractivity contribution in [2.45, 2.75) is 38.3 Å². The van der Waals surface area contributed by atoms with Crippen LogP contribution in [0.1, 0.15) is 45.5 Å². The first-order valence-corrected chi connectivity index (χ1v) is 10.6. The summed E-state index contributed by atoms with van der Waals surface area (Å²) in [5.41, 5.74) is 1.22. The summed E-state index contributed by atoms with van der Waals surface area (Å²) in [6, 6.07) is 5.75. The number of fused-ring (bicyclic) bond motifs is 4. The lowest BCUT2D eigenvalue weighted by Gasteiger charge is -2.30. The van der Waals surface area contributed by atoms with Crippen molar-refractivity contribution in [1.29, 1.82) is 0 Å². The van der Waals surface area contributed by atoms with Crippen LogP contribution in [0.3, 0.4) is 0 Å². The van der Waals surface area contributed by atoms with Gasteiger partial charge in [-0.25, -0.2) is 4.39 Å². The summed E-state index contributed by atoms with van der Waals surface area (Å²) in [4.78, 5) is 43.7. The number of ether oxygens (including phenoxy) is 1. The van der Waals surface area contributed by atoms with E-state index in [0.29, 0.717) is 24.2 Å². The molecule has 3 amide bonds. The first kappa shape index (κ1) is 21.7. The maximum Gasteiger partial charge on any atom is 0.257 e. The number of benzene rings is 1. The van der Waals surface area contributed by atoms with Gasteiger partial charge in [0, 0.05) is 36.8 Å². The van der Waals surface area contributed by atoms with E-state index in [2.05, 4.69) is 15.6 Å². The highest BCUT2D eigenvalue weighted by atomic mass is 19.1. The van der Waals surface area contributed by atoms with Crippen LogP contribution in [-0.2, 0) is 4.79 Å². The van der Waals surface area contributed by atoms with Crippen molar-refractivity contribution in [2.24, 2.45) is 0 Å². The van der Waals surface area contributed by atoms with E-state index < -0.39 is 17.8 Å². The first-order valence-electron chi connectivity index (χ1n) is 10.6. The van der Waals surface area contributed by atoms with E-state index in [-0.39, 0.29) is 49.5 Å². The van der Waals surface area contributed by atoms with E-state index in [1.54, 1.807) is 18.2 Å². The second kappa shape index (κ2) is 9.33. The zero-order chi connectivity index (χ0) is 22.7. The minimum Gasteiger partial charge on any atom is -0.491 e. The quantitative estimate of drug-likeness (QED) is 0.705. The van der Waals surface area contributed by atoms with E-state index in [4.69, 9.17) is 4.74 Å². The molecule has 2 aromatic rings. The third-order valence-corrected chi connectivity index (χ3v) is 5.91. The maximum absolute atomic E-state index is 14.3. The monoisotopic (exact) mass is 440 g/mol. The Hall–Kier alpha value is -3.49. The van der Waals surface area contributed by atoms with Gasteiger partial charge in [-0.05, 0) is 43.5 Å². The van der Waals surface area contributed by atoms with E-state index in [1.165, 1.54) is 17.2 Å². The third-order valence-electron chi connectivity index (χ3n) is 5.91. The molecule has 8 nitrogen and oxygen atoms in total. The van der Waals surface area contributed by atoms with Crippen molar-refractivity contribution < 1.29 is 23.5 Å². The van der Waals surface area contributed by atoms with E-state index in [1.807, 2.05) is 6.92 Å². The number of aryl methyl sites for hydroxylation is 1. The lowest BCUT2D eigenvalue weighted by molar-refractivity contribution is -0.122. The number of amides is 3. The molecule has 1 fully saturated rings. The zero-order valence-electron chi connectivity index (χ0n) is 17.8. The summed E-state index contributed by atoms with van der Waals surface area (Å²) in [5.74, 6) is -1.15. The van der Waals surface area contributed by atoms with Gasteiger partial charge in [-0.1, -0.05) is 6.07 Å². The second-order valence-corrected chi connectivity index (χ2v) is 8.05. The Labute approximate surface area is 185 Å². The number of hydrogen-bond acceptors (Lipinski definition) is 5. The zero-order valence-corrected chi connectivity index (χ0v) is 17.8. The van der Waals surface area contributed by atoms with Crippen molar-refractivity contribution >= 4 is 17.7 Å². The van der Waals surface area contributed by atoms with Gasteiger partial charge in [-0.15, -0.1) is 0 Å². The van der Waals surface area contributed by atoms with Crippen molar-refractivity contribution in [1.82, 2.24) is 20.5 Å². The number of pyridine rings is 1. The Bertz CT molecular complexity index is 1040. The van der Waals surface area contributed by atoms with Gasteiger partial charge in [-0.2, -0.15) is 0 Å². The van der Waals surface area contributed by atoms with Gasteiger partial charge in [0.25, 0.3) is 11.8 Å². The molecular formula is C23H25FN4O4. The molecule has 4 bridgehead atoms. The normalized spacial score (nSPS) is 21.6. The molecule has 1 aromatic carbocycles. The molecule has 2 aliphatic rings. The predicted molar refractivity (Wildman–Crippen MR) is 114 cm³/mol. The van der Waals surface area contributed by atoms with E-state index in [0.717, 1.165) is 11.8 Å². The molecule has 0 spiro atoms. The Balaban J connectivity index is 1.62. The fourth-order valence-corrected chi connectivity index (χ4v) is 4.23. The van der Waals surface area contributed by atoms with Crippen LogP contribution in [0, 0.1) is 12.7 Å². The summed E-state index contributed by atoms with van der Waals surface area (Å²) >= 11 is 0. The highest BCUT2D eigenvalue weighted by molar-refractivity contribution is 5.96. The van der Waals surface area contributed by atoms with E-state index in [9.17, 15) is 18.8 Å². The van der Waals surface area contributed by atoms with Crippen LogP contribution in [0.25, 0.3) is 0 Å². The molecule has 1 saturated heterocycles. The van der Waals surface area contributed by atoms with Gasteiger partial charge in [0.2, 0.25) is 5.91 Å². The Kier molecular flexibility index (Phi) is 6.34. The minimum atomic E-state index is -0.717. The molecule has 4 rings (SSSR count). The topological polar surface area (TPSA) is 101 Å². The number of aromatic nitrogens is 1. The van der Waals surface area contributed by atoms with E-state index >= 15 is 0 Å². The van der Waals surface area contributed by atoms with Crippen LogP contribution >= 0.6 is 0 Å². The molecular weight excluding hydrogens is 415 g/mol. The summed E-state index contributed by atoms with van der Waals surface area (Å²) in [6.45, 7) is 2.61. The van der Waals surface area contributed by atoms with Gasteiger partial charge >= 0.3 is 0 Å². The lowest BCUT2D eigenvalue weighted by Crippen LogP contribution is -2.48. The molecule has 2 N–H and O–H groups in total. The molecule has 0 aliphatic carbocycles. The number of carbonyl (C=O) groups excluding carboxylic acids is 3. The highest BCUT2D eigenvalue weighted by Crippen LogP contribution is 2.29. The van der Waals surface area contributed by atoms with Gasteiger partial charge in [0.1, 0.15) is 12.4 Å². The fraction of sp³-hybridized carbons (Fsp3) is 0.391. The van der Waals surface area contributed by atoms with Crippen LogP contribution < -0.4 is 15.4 Å². The molecule has 0 unspecified atom stereocenters. The largest absolute Gasteiger partial charge is 0.491 e. The number of rotatable bonds is 1. The molecule has 2 aliphatic heterocycles. The van der Waals surface area contributed by atoms with Crippen molar-refractivity contribution in [3.8, 4) is 5.75 Å². The van der Waals surface area contributed by atoms with Crippen LogP contribution in [0.5, 0.6) is 5.75 Å². The third kappa shape index (κ3) is 4.56. The summed E-state index contributed by atoms with van der Waals surface area (Å²) in [5, 5.41) is 5.69. The van der Waals surface area contributed by atoms with Gasteiger partial charge in [-0.3, -0.25) is 19.4 Å². The number of halogens is 1. The number of nitrogens with zero attached hydrogens (tertiary/aromatic N) is 2. The molecule has 2 atom stereocenters. The van der Waals surface area contributed by atoms with Crippen LogP contribution in [-0.4, -0.2) is 59.4 Å². The smallest absolute Gasteiger partial charge is 0.257 e. The number of nitrogens with one attached hydrogen (secondary N) is 2. The lowest BCUT2D eigenvalue weighted by atomic mass is 10.1. The fourth-order valence-electron chi connectivity index (χ4n) is 4.23. The standard InChI is InChI=1S/C23H25FN4O4/c1-14-2-3-15-10-20(14)32-9-8-26-21(29)11-16-4-5-17(12-27-22(15)30)28(16)23(31)18-6-7-25-13-19(18)24/h2-3,6-7,10,13,16-17H,4-5,8-9,11-12H2,1H3,(H,26,29)(H,27,30)/t16-,17+/m0/s1. The van der Waals surface area contributed by atoms with Gasteiger partial charge < -0.3 is 20.3 Å². The molecule has 0 saturated carbocycles. The van der Waals surface area contributed by atoms with Crippen LogP contribution in [0.4, 0.5) is 4.39 Å². The first-order chi connectivity index (χ1) is 15.4. The molecule has 3 heterocycles. The number of hydrogen-bond donors (Lipinski definition) is 2. The second-order valence-electron chi connectivity index (χ2n) is 8.05. The summed E-state index contributed by atoms with van der Waals surface area (Å²) in [7, 11) is 0. The van der Waals surface area contributed by atoms with Crippen molar-refractivity contribution in [2.75, 3.05) is 19.7 Å². The molecule has 168 valence electrons. The highest BCUT2D eigenvalue weighted by Gasteiger charge is 2.39. The van der Waals surface area contributed by atoms with Gasteiger partial charge in [0.15, 0.2) is 5.82 Å². The average molecular weight is 440 g/mol. The Morgan fingerprint density at radius 3 is 2.81 bits per heavy atom. The molecule has 1 aromatic heterocycles. The minimum absolute atomic E-state index is 0.0929. The maximum atomic E-state index is 14.3. The average Bonchev–Trinajstić information content (AvgIpc) is 3.17. The molecule has 32 heavy (non-hydrogen) atoms. The SMILES string of the molecule is Cc1ccc2cc1OCCNC(=O)C[C@@H]1CC[C@H](CNC2=O)N1C(=O)c1ccncc1F. The Morgan fingerprint density at radius 1 is 1.19 bits per heavy atom. The van der Waals surface area contributed by atoms with Crippen LogP contribution in [0.15, 0.2) is 36.7 Å². The van der Waals surface area contributed by atoms with Crippen LogP contribution in [0.2, 0.25) is 0 Å². The van der Waals surface area contributed by atoms with Gasteiger partial charge in [0.05, 0.1) is 18.3 Å². The summed E-state index contributed by atoms with van der Waals surface area (Å²) in [6.07, 6.45) is 3.62. The summed E-state index contributed by atoms with van der Waals surface area (Å²) < 4.78 is 20.0. The van der Waals surface area contributed by atoms with Crippen molar-refractivity contribution in [3.05, 3.63) is 59.2 Å². The number of carbonyl (C=O) groups is 3. The molecule has 9 heteroatoms. The Morgan fingerprint density at radius 2 is 2.00 bits per heavy atom.